The molecule has 5 heteroatoms. The number of ether oxygens (including phenoxy) is 3. The minimum Gasteiger partial charge on any atom is -0.489 e. The van der Waals surface area contributed by atoms with E-state index < -0.39 is 5.97 Å². The second kappa shape index (κ2) is 8.67. The number of nitrogens with zero attached hydrogens (tertiary/aromatic N) is 1. The lowest BCUT2D eigenvalue weighted by Gasteiger charge is -2.10. The lowest BCUT2D eigenvalue weighted by atomic mass is 10.1. The molecular weight excluding hydrogens is 342 g/mol. The Morgan fingerprint density at radius 3 is 2.48 bits per heavy atom. The third-order valence-corrected chi connectivity index (χ3v) is 3.64. The van der Waals surface area contributed by atoms with E-state index in [1.807, 2.05) is 30.3 Å². The number of carbonyl (C=O) groups is 1. The second-order valence-corrected chi connectivity index (χ2v) is 5.60. The number of cyclic esters (lactones) is 1. The highest BCUT2D eigenvalue weighted by Gasteiger charge is 2.24. The van der Waals surface area contributed by atoms with Crippen LogP contribution in [0.3, 0.4) is 0 Å². The van der Waals surface area contributed by atoms with Crippen LogP contribution in [0.5, 0.6) is 11.5 Å². The molecule has 0 aromatic heterocycles. The Morgan fingerprint density at radius 2 is 1.74 bits per heavy atom. The Balaban J connectivity index is 1.92. The predicted molar refractivity (Wildman–Crippen MR) is 105 cm³/mol. The van der Waals surface area contributed by atoms with Gasteiger partial charge in [0.15, 0.2) is 5.70 Å². The van der Waals surface area contributed by atoms with E-state index in [-0.39, 0.29) is 11.6 Å². The van der Waals surface area contributed by atoms with E-state index in [9.17, 15) is 4.79 Å². The first-order valence-corrected chi connectivity index (χ1v) is 8.40. The lowest BCUT2D eigenvalue weighted by Crippen LogP contribution is -2.05. The summed E-state index contributed by atoms with van der Waals surface area (Å²) >= 11 is 0. The Kier molecular flexibility index (Phi) is 5.84. The SMILES string of the molecule is C=CCOc1ccc(/C=C2\N=C(c3ccccc3)OC2=O)c(OCC=C)c1. The van der Waals surface area contributed by atoms with Gasteiger partial charge in [0.05, 0.1) is 0 Å². The van der Waals surface area contributed by atoms with Crippen molar-refractivity contribution in [2.24, 2.45) is 4.99 Å². The van der Waals surface area contributed by atoms with Crippen molar-refractivity contribution in [2.75, 3.05) is 13.2 Å². The zero-order valence-electron chi connectivity index (χ0n) is 14.8. The fourth-order valence-corrected chi connectivity index (χ4v) is 2.41. The summed E-state index contributed by atoms with van der Waals surface area (Å²) in [7, 11) is 0. The maximum atomic E-state index is 12.2. The standard InChI is InChI=1S/C22H19NO4/c1-3-12-25-18-11-10-17(20(15-18)26-13-4-2)14-19-22(24)27-21(23-19)16-8-6-5-7-9-16/h3-11,14-15H,1-2,12-13H2/b19-14-. The number of benzene rings is 2. The van der Waals surface area contributed by atoms with E-state index in [0.29, 0.717) is 30.3 Å². The Bertz CT molecular complexity index is 913. The molecule has 0 radical (unpaired) electrons. The highest BCUT2D eigenvalue weighted by atomic mass is 16.6. The van der Waals surface area contributed by atoms with Crippen molar-refractivity contribution in [3.05, 3.63) is 90.7 Å². The summed E-state index contributed by atoms with van der Waals surface area (Å²) in [5.41, 5.74) is 1.63. The van der Waals surface area contributed by atoms with Gasteiger partial charge in [0.2, 0.25) is 5.90 Å². The lowest BCUT2D eigenvalue weighted by molar-refractivity contribution is -0.129. The van der Waals surface area contributed by atoms with Gasteiger partial charge in [-0.2, -0.15) is 0 Å². The molecule has 0 amide bonds. The van der Waals surface area contributed by atoms with Crippen LogP contribution in [0, 0.1) is 0 Å². The molecule has 0 unspecified atom stereocenters. The van der Waals surface area contributed by atoms with Crippen LogP contribution in [-0.2, 0) is 9.53 Å². The number of hydrogen-bond donors (Lipinski definition) is 0. The fourth-order valence-electron chi connectivity index (χ4n) is 2.41. The van der Waals surface area contributed by atoms with Crippen molar-refractivity contribution in [3.8, 4) is 11.5 Å². The number of hydrogen-bond acceptors (Lipinski definition) is 5. The average molecular weight is 361 g/mol. The Morgan fingerprint density at radius 1 is 1.00 bits per heavy atom. The van der Waals surface area contributed by atoms with Crippen LogP contribution in [0.1, 0.15) is 11.1 Å². The van der Waals surface area contributed by atoms with Gasteiger partial charge in [0.1, 0.15) is 24.7 Å². The molecule has 1 aliphatic rings. The van der Waals surface area contributed by atoms with Gasteiger partial charge in [-0.3, -0.25) is 0 Å². The van der Waals surface area contributed by atoms with E-state index in [1.165, 1.54) is 0 Å². The molecule has 27 heavy (non-hydrogen) atoms. The third kappa shape index (κ3) is 4.52. The van der Waals surface area contributed by atoms with Gasteiger partial charge in [-0.1, -0.05) is 43.5 Å². The molecule has 0 spiro atoms. The van der Waals surface area contributed by atoms with Crippen molar-refractivity contribution in [3.63, 3.8) is 0 Å². The van der Waals surface area contributed by atoms with Crippen LogP contribution >= 0.6 is 0 Å². The molecule has 1 aliphatic heterocycles. The third-order valence-electron chi connectivity index (χ3n) is 3.64. The van der Waals surface area contributed by atoms with Crippen LogP contribution in [0.25, 0.3) is 6.08 Å². The van der Waals surface area contributed by atoms with Crippen LogP contribution < -0.4 is 9.47 Å². The number of esters is 1. The summed E-state index contributed by atoms with van der Waals surface area (Å²) in [6.07, 6.45) is 4.94. The van der Waals surface area contributed by atoms with E-state index >= 15 is 0 Å². The molecular formula is C22H19NO4. The zero-order chi connectivity index (χ0) is 19.1. The van der Waals surface area contributed by atoms with Crippen molar-refractivity contribution in [1.29, 1.82) is 0 Å². The van der Waals surface area contributed by atoms with E-state index in [2.05, 4.69) is 18.2 Å². The van der Waals surface area contributed by atoms with Crippen LogP contribution in [-0.4, -0.2) is 25.1 Å². The van der Waals surface area contributed by atoms with Crippen LogP contribution in [0.4, 0.5) is 0 Å². The van der Waals surface area contributed by atoms with Crippen molar-refractivity contribution >= 4 is 17.9 Å². The molecule has 2 aromatic carbocycles. The number of rotatable bonds is 8. The second-order valence-electron chi connectivity index (χ2n) is 5.60. The summed E-state index contributed by atoms with van der Waals surface area (Å²) in [6, 6.07) is 14.6. The van der Waals surface area contributed by atoms with Gasteiger partial charge >= 0.3 is 5.97 Å². The zero-order valence-corrected chi connectivity index (χ0v) is 14.8. The van der Waals surface area contributed by atoms with Gasteiger partial charge in [0.25, 0.3) is 0 Å². The van der Waals surface area contributed by atoms with Gasteiger partial charge in [-0.25, -0.2) is 9.79 Å². The Labute approximate surface area is 157 Å². The summed E-state index contributed by atoms with van der Waals surface area (Å²) in [5.74, 6) is 0.973. The van der Waals surface area contributed by atoms with Crippen LogP contribution in [0.2, 0.25) is 0 Å². The smallest absolute Gasteiger partial charge is 0.363 e. The Hall–Kier alpha value is -3.60. The minimum absolute atomic E-state index is 0.206. The first-order valence-electron chi connectivity index (χ1n) is 8.40. The minimum atomic E-state index is -0.504. The molecule has 0 aliphatic carbocycles. The van der Waals surface area contributed by atoms with Crippen molar-refractivity contribution in [1.82, 2.24) is 0 Å². The van der Waals surface area contributed by atoms with Gasteiger partial charge in [0, 0.05) is 17.2 Å². The molecule has 0 atom stereocenters. The summed E-state index contributed by atoms with van der Waals surface area (Å²) in [4.78, 5) is 16.5. The molecule has 0 N–H and O–H groups in total. The van der Waals surface area contributed by atoms with Gasteiger partial charge in [-0.05, 0) is 30.3 Å². The topological polar surface area (TPSA) is 57.1 Å². The van der Waals surface area contributed by atoms with Crippen molar-refractivity contribution < 1.29 is 19.0 Å². The van der Waals surface area contributed by atoms with Crippen LogP contribution in [0.15, 0.2) is 84.5 Å². The molecule has 2 aromatic rings. The number of carbonyl (C=O) groups excluding carboxylic acids is 1. The fraction of sp³-hybridized carbons (Fsp3) is 0.0909. The van der Waals surface area contributed by atoms with E-state index in [4.69, 9.17) is 14.2 Å². The quantitative estimate of drug-likeness (QED) is 0.402. The highest BCUT2D eigenvalue weighted by Crippen LogP contribution is 2.29. The average Bonchev–Trinajstić information content (AvgIpc) is 3.07. The maximum Gasteiger partial charge on any atom is 0.363 e. The van der Waals surface area contributed by atoms with Gasteiger partial charge in [-0.15, -0.1) is 0 Å². The number of aliphatic imine (C=N–C) groups is 1. The van der Waals surface area contributed by atoms with E-state index in [0.717, 1.165) is 5.56 Å². The molecule has 3 rings (SSSR count). The molecule has 0 saturated carbocycles. The van der Waals surface area contributed by atoms with Crippen molar-refractivity contribution in [2.45, 2.75) is 0 Å². The molecule has 0 bridgehead atoms. The summed E-state index contributed by atoms with van der Waals surface area (Å²) < 4.78 is 16.5. The molecule has 0 fully saturated rings. The molecule has 0 saturated heterocycles. The monoisotopic (exact) mass is 361 g/mol. The summed E-state index contributed by atoms with van der Waals surface area (Å²) in [5, 5.41) is 0. The normalized spacial score (nSPS) is 14.4. The predicted octanol–water partition coefficient (Wildman–Crippen LogP) is 4.16. The first kappa shape index (κ1) is 18.2. The maximum absolute atomic E-state index is 12.2. The molecule has 5 nitrogen and oxygen atoms in total. The first-order chi connectivity index (χ1) is 13.2. The van der Waals surface area contributed by atoms with Gasteiger partial charge < -0.3 is 14.2 Å². The molecule has 1 heterocycles. The highest BCUT2D eigenvalue weighted by molar-refractivity contribution is 6.12. The molecule has 136 valence electrons. The largest absolute Gasteiger partial charge is 0.489 e. The van der Waals surface area contributed by atoms with E-state index in [1.54, 1.807) is 36.4 Å². The summed E-state index contributed by atoms with van der Waals surface area (Å²) in [6.45, 7) is 8.00.